The first-order valence-corrected chi connectivity index (χ1v) is 6.22. The number of carbonyl (C=O) groups excluding carboxylic acids is 1. The maximum atomic E-state index is 11.0. The van der Waals surface area contributed by atoms with Crippen LogP contribution in [0, 0.1) is 10.1 Å². The number of rotatable bonds is 4. The Bertz CT molecular complexity index is 535. The molecule has 108 valence electrons. The van der Waals surface area contributed by atoms with E-state index in [1.807, 2.05) is 0 Å². The highest BCUT2D eigenvalue weighted by atomic mass is 16.6. The molecule has 1 aliphatic rings. The Morgan fingerprint density at radius 3 is 2.95 bits per heavy atom. The van der Waals surface area contributed by atoms with Crippen molar-refractivity contribution in [1.29, 1.82) is 0 Å². The maximum Gasteiger partial charge on any atom is 0.329 e. The smallest absolute Gasteiger partial charge is 0.329 e. The fourth-order valence-electron chi connectivity index (χ4n) is 2.21. The van der Waals surface area contributed by atoms with Gasteiger partial charge in [0.15, 0.2) is 0 Å². The average Bonchev–Trinajstić information content (AvgIpc) is 2.85. The lowest BCUT2D eigenvalue weighted by atomic mass is 10.2. The third-order valence-electron chi connectivity index (χ3n) is 3.07. The van der Waals surface area contributed by atoms with Gasteiger partial charge in [-0.3, -0.25) is 14.9 Å². The monoisotopic (exact) mass is 280 g/mol. The molecular weight excluding hydrogens is 264 g/mol. The largest absolute Gasteiger partial charge is 0.357 e. The molecule has 0 aromatic carbocycles. The van der Waals surface area contributed by atoms with Gasteiger partial charge in [-0.05, 0) is 6.42 Å². The molecule has 2 rings (SSSR count). The van der Waals surface area contributed by atoms with E-state index in [0.717, 1.165) is 6.42 Å². The number of aromatic nitrogens is 2. The predicted molar refractivity (Wildman–Crippen MR) is 72.7 cm³/mol. The second kappa shape index (κ2) is 5.68. The van der Waals surface area contributed by atoms with Crippen molar-refractivity contribution in [3.8, 4) is 0 Å². The van der Waals surface area contributed by atoms with E-state index in [1.54, 1.807) is 11.9 Å². The molecule has 0 aliphatic carbocycles. The minimum atomic E-state index is -0.500. The lowest BCUT2D eigenvalue weighted by Gasteiger charge is -2.17. The Hall–Kier alpha value is -2.45. The molecule has 1 aromatic rings. The van der Waals surface area contributed by atoms with Gasteiger partial charge in [0, 0.05) is 33.1 Å². The van der Waals surface area contributed by atoms with Crippen molar-refractivity contribution in [3.05, 3.63) is 16.3 Å². The maximum absolute atomic E-state index is 11.0. The molecule has 1 saturated heterocycles. The summed E-state index contributed by atoms with van der Waals surface area (Å²) in [4.78, 5) is 31.4. The Morgan fingerprint density at radius 2 is 2.35 bits per heavy atom. The van der Waals surface area contributed by atoms with Crippen LogP contribution in [-0.2, 0) is 4.79 Å². The number of hydrogen-bond acceptors (Lipinski definition) is 7. The Kier molecular flexibility index (Phi) is 3.97. The highest BCUT2D eigenvalue weighted by Gasteiger charge is 2.29. The van der Waals surface area contributed by atoms with Crippen LogP contribution >= 0.6 is 0 Å². The summed E-state index contributed by atoms with van der Waals surface area (Å²) in [7, 11) is 1.65. The fourth-order valence-corrected chi connectivity index (χ4v) is 2.21. The van der Waals surface area contributed by atoms with E-state index in [2.05, 4.69) is 20.6 Å². The average molecular weight is 280 g/mol. The van der Waals surface area contributed by atoms with Gasteiger partial charge in [-0.1, -0.05) is 0 Å². The van der Waals surface area contributed by atoms with Gasteiger partial charge >= 0.3 is 5.69 Å². The van der Waals surface area contributed by atoms with Gasteiger partial charge in [0.05, 0.1) is 4.92 Å². The normalized spacial score (nSPS) is 17.9. The summed E-state index contributed by atoms with van der Waals surface area (Å²) in [6.07, 6.45) is 1.93. The molecule has 0 spiro atoms. The molecule has 2 N–H and O–H groups in total. The molecule has 20 heavy (non-hydrogen) atoms. The van der Waals surface area contributed by atoms with Gasteiger partial charge in [-0.15, -0.1) is 0 Å². The molecule has 1 atom stereocenters. The molecule has 1 amide bonds. The van der Waals surface area contributed by atoms with Gasteiger partial charge < -0.3 is 15.5 Å². The molecule has 1 aliphatic heterocycles. The van der Waals surface area contributed by atoms with E-state index in [0.29, 0.717) is 19.0 Å². The van der Waals surface area contributed by atoms with Crippen LogP contribution in [0.5, 0.6) is 0 Å². The van der Waals surface area contributed by atoms with Crippen molar-refractivity contribution in [2.75, 3.05) is 30.4 Å². The van der Waals surface area contributed by atoms with Crippen LogP contribution in [0.3, 0.4) is 0 Å². The fraction of sp³-hybridized carbons (Fsp3) is 0.545. The summed E-state index contributed by atoms with van der Waals surface area (Å²) in [5, 5.41) is 16.6. The third kappa shape index (κ3) is 2.92. The van der Waals surface area contributed by atoms with Crippen molar-refractivity contribution in [1.82, 2.24) is 15.3 Å². The zero-order valence-electron chi connectivity index (χ0n) is 11.3. The lowest BCUT2D eigenvalue weighted by Crippen LogP contribution is -2.35. The van der Waals surface area contributed by atoms with Crippen LogP contribution in [0.4, 0.5) is 17.5 Å². The summed E-state index contributed by atoms with van der Waals surface area (Å²) in [6, 6.07) is -0.0138. The van der Waals surface area contributed by atoms with Crippen LogP contribution < -0.4 is 15.5 Å². The van der Waals surface area contributed by atoms with Gasteiger partial charge in [-0.2, -0.15) is 4.98 Å². The molecule has 9 heteroatoms. The van der Waals surface area contributed by atoms with E-state index in [-0.39, 0.29) is 23.5 Å². The topological polar surface area (TPSA) is 113 Å². The van der Waals surface area contributed by atoms with E-state index < -0.39 is 4.92 Å². The molecule has 1 fully saturated rings. The van der Waals surface area contributed by atoms with Gasteiger partial charge in [0.25, 0.3) is 0 Å². The van der Waals surface area contributed by atoms with E-state index >= 15 is 0 Å². The predicted octanol–water partition coefficient (Wildman–Crippen LogP) is 0.141. The molecule has 1 aromatic heterocycles. The molecular formula is C11H16N6O3. The number of amides is 1. The number of anilines is 2. The highest BCUT2D eigenvalue weighted by Crippen LogP contribution is 2.28. The standard InChI is InChI=1S/C11H16N6O3/c1-7(18)14-8-3-4-16(6-8)10-9(17(19)20)5-13-11(12-2)15-10/h5,8H,3-4,6H2,1-2H3,(H,14,18)(H,12,13,15). The van der Waals surface area contributed by atoms with Crippen molar-refractivity contribution in [3.63, 3.8) is 0 Å². The Morgan fingerprint density at radius 1 is 1.60 bits per heavy atom. The highest BCUT2D eigenvalue weighted by molar-refractivity contribution is 5.73. The van der Waals surface area contributed by atoms with Gasteiger partial charge in [0.1, 0.15) is 6.20 Å². The number of hydrogen-bond donors (Lipinski definition) is 2. The van der Waals surface area contributed by atoms with Crippen molar-refractivity contribution in [2.45, 2.75) is 19.4 Å². The SMILES string of the molecule is CNc1ncc([N+](=O)[O-])c(N2CCC(NC(C)=O)C2)n1. The molecule has 1 unspecified atom stereocenters. The summed E-state index contributed by atoms with van der Waals surface area (Å²) in [5.74, 6) is 0.501. The summed E-state index contributed by atoms with van der Waals surface area (Å²) >= 11 is 0. The molecule has 9 nitrogen and oxygen atoms in total. The first kappa shape index (κ1) is 14.0. The second-order valence-electron chi connectivity index (χ2n) is 4.54. The lowest BCUT2D eigenvalue weighted by molar-refractivity contribution is -0.384. The molecule has 0 saturated carbocycles. The summed E-state index contributed by atoms with van der Waals surface area (Å²) in [5.41, 5.74) is -0.132. The first-order valence-electron chi connectivity index (χ1n) is 6.22. The van der Waals surface area contributed by atoms with Crippen molar-refractivity contribution in [2.24, 2.45) is 0 Å². The van der Waals surface area contributed by atoms with Crippen LogP contribution in [0.15, 0.2) is 6.20 Å². The number of nitro groups is 1. The minimum absolute atomic E-state index is 0.0138. The van der Waals surface area contributed by atoms with Crippen LogP contribution in [0.2, 0.25) is 0 Å². The zero-order valence-corrected chi connectivity index (χ0v) is 11.3. The van der Waals surface area contributed by atoms with Gasteiger partial charge in [0.2, 0.25) is 17.7 Å². The third-order valence-corrected chi connectivity index (χ3v) is 3.07. The van der Waals surface area contributed by atoms with Crippen molar-refractivity contribution >= 4 is 23.4 Å². The summed E-state index contributed by atoms with van der Waals surface area (Å²) < 4.78 is 0. The second-order valence-corrected chi connectivity index (χ2v) is 4.54. The van der Waals surface area contributed by atoms with Crippen LogP contribution in [-0.4, -0.2) is 47.0 Å². The van der Waals surface area contributed by atoms with E-state index in [1.165, 1.54) is 13.1 Å². The minimum Gasteiger partial charge on any atom is -0.357 e. The van der Waals surface area contributed by atoms with E-state index in [9.17, 15) is 14.9 Å². The number of nitrogens with zero attached hydrogens (tertiary/aromatic N) is 4. The molecule has 2 heterocycles. The zero-order chi connectivity index (χ0) is 14.7. The van der Waals surface area contributed by atoms with Crippen LogP contribution in [0.25, 0.3) is 0 Å². The van der Waals surface area contributed by atoms with Gasteiger partial charge in [-0.25, -0.2) is 4.98 Å². The van der Waals surface area contributed by atoms with E-state index in [4.69, 9.17) is 0 Å². The van der Waals surface area contributed by atoms with Crippen molar-refractivity contribution < 1.29 is 9.72 Å². The molecule has 0 radical (unpaired) electrons. The number of carbonyl (C=O) groups is 1. The van der Waals surface area contributed by atoms with Crippen LogP contribution in [0.1, 0.15) is 13.3 Å². The molecule has 0 bridgehead atoms. The Balaban J connectivity index is 2.23. The Labute approximate surface area is 115 Å². The first-order chi connectivity index (χ1) is 9.51. The summed E-state index contributed by atoms with van der Waals surface area (Å²) in [6.45, 7) is 2.56. The number of nitrogens with one attached hydrogen (secondary N) is 2. The quantitative estimate of drug-likeness (QED) is 0.595.